The molecule has 2 saturated heterocycles. The van der Waals surface area contributed by atoms with Crippen molar-refractivity contribution in [1.82, 2.24) is 14.5 Å². The molecule has 188 valence electrons. The molecule has 6 rings (SSSR count). The highest BCUT2D eigenvalue weighted by molar-refractivity contribution is 5.77. The number of para-hydroxylation sites is 2. The number of anilines is 1. The van der Waals surface area contributed by atoms with E-state index < -0.39 is 5.97 Å². The molecular weight excluding hydrogens is 440 g/mol. The van der Waals surface area contributed by atoms with E-state index in [1.165, 1.54) is 44.9 Å². The summed E-state index contributed by atoms with van der Waals surface area (Å²) in [6.07, 6.45) is 12.0. The summed E-state index contributed by atoms with van der Waals surface area (Å²) in [6.45, 7) is 3.32. The second kappa shape index (κ2) is 9.57. The van der Waals surface area contributed by atoms with Crippen molar-refractivity contribution in [2.75, 3.05) is 31.1 Å². The first-order valence-electron chi connectivity index (χ1n) is 13.8. The molecular formula is C28H38N4O3. The minimum atomic E-state index is -0.775. The van der Waals surface area contributed by atoms with Gasteiger partial charge in [0.15, 0.2) is 5.82 Å². The Labute approximate surface area is 207 Å². The van der Waals surface area contributed by atoms with E-state index in [-0.39, 0.29) is 23.9 Å². The highest BCUT2D eigenvalue weighted by Crippen LogP contribution is 2.41. The number of carbonyl (C=O) groups is 1. The lowest BCUT2D eigenvalue weighted by Gasteiger charge is -2.44. The summed E-state index contributed by atoms with van der Waals surface area (Å²) in [5.74, 6) is 1.66. The van der Waals surface area contributed by atoms with Gasteiger partial charge in [0.1, 0.15) is 0 Å². The van der Waals surface area contributed by atoms with E-state index in [1.54, 1.807) is 0 Å². The number of carboxylic acids is 1. The standard InChI is InChI=1S/C28H38N4O3/c33-26(34)16-21-17-31(18-21)27-28(35)32(25-8-4-3-7-24(25)29-27)22-9-11-30(12-10-22)23-14-19-5-1-2-6-20(13-19)15-23/h3-4,7-8,19-23H,1-2,5-6,9-18H2,(H,33,34)/t19-,20+,23-. The fourth-order valence-electron chi connectivity index (χ4n) is 7.50. The number of piperidine rings is 1. The van der Waals surface area contributed by atoms with E-state index >= 15 is 0 Å². The molecule has 0 unspecified atom stereocenters. The van der Waals surface area contributed by atoms with Crippen LogP contribution in [0.25, 0.3) is 11.0 Å². The third-order valence-corrected chi connectivity index (χ3v) is 9.23. The van der Waals surface area contributed by atoms with Crippen LogP contribution in [0.4, 0.5) is 5.82 Å². The quantitative estimate of drug-likeness (QED) is 0.690. The zero-order valence-electron chi connectivity index (χ0n) is 20.6. The van der Waals surface area contributed by atoms with Gasteiger partial charge < -0.3 is 19.5 Å². The van der Waals surface area contributed by atoms with Crippen LogP contribution >= 0.6 is 0 Å². The fourth-order valence-corrected chi connectivity index (χ4v) is 7.50. The largest absolute Gasteiger partial charge is 0.481 e. The number of benzene rings is 1. The molecule has 2 aromatic rings. The number of likely N-dealkylation sites (tertiary alicyclic amines) is 1. The molecule has 1 N–H and O–H groups in total. The Bertz CT molecular complexity index is 1120. The highest BCUT2D eigenvalue weighted by Gasteiger charge is 2.36. The second-order valence-electron chi connectivity index (χ2n) is 11.6. The highest BCUT2D eigenvalue weighted by atomic mass is 16.4. The van der Waals surface area contributed by atoms with Crippen molar-refractivity contribution in [2.24, 2.45) is 17.8 Å². The summed E-state index contributed by atoms with van der Waals surface area (Å²) in [4.78, 5) is 34.2. The van der Waals surface area contributed by atoms with E-state index in [0.717, 1.165) is 54.8 Å². The zero-order chi connectivity index (χ0) is 23.9. The maximum Gasteiger partial charge on any atom is 0.303 e. The summed E-state index contributed by atoms with van der Waals surface area (Å²) >= 11 is 0. The summed E-state index contributed by atoms with van der Waals surface area (Å²) in [5.41, 5.74) is 1.76. The maximum absolute atomic E-state index is 13.7. The molecule has 2 aliphatic carbocycles. The van der Waals surface area contributed by atoms with Gasteiger partial charge in [-0.3, -0.25) is 9.59 Å². The van der Waals surface area contributed by atoms with Gasteiger partial charge in [-0.05, 0) is 56.1 Å². The van der Waals surface area contributed by atoms with Crippen molar-refractivity contribution < 1.29 is 9.90 Å². The first-order chi connectivity index (χ1) is 17.0. The average Bonchev–Trinajstić information content (AvgIpc) is 3.00. The summed E-state index contributed by atoms with van der Waals surface area (Å²) in [5, 5.41) is 9.09. The SMILES string of the molecule is O=C(O)CC1CN(c2nc3ccccc3n(C3CCN([C@@H]4C[C@@H]5CCCC[C@@H](C5)C4)CC3)c2=O)C1. The normalized spacial score (nSPS) is 28.6. The van der Waals surface area contributed by atoms with Crippen LogP contribution in [0.3, 0.4) is 0 Å². The summed E-state index contributed by atoms with van der Waals surface area (Å²) in [6, 6.07) is 8.89. The van der Waals surface area contributed by atoms with E-state index in [4.69, 9.17) is 10.1 Å². The molecule has 3 heterocycles. The lowest BCUT2D eigenvalue weighted by molar-refractivity contribution is -0.138. The van der Waals surface area contributed by atoms with E-state index in [0.29, 0.717) is 18.9 Å². The molecule has 2 bridgehead atoms. The Morgan fingerprint density at radius 2 is 1.63 bits per heavy atom. The molecule has 0 spiro atoms. The second-order valence-corrected chi connectivity index (χ2v) is 11.6. The van der Waals surface area contributed by atoms with Crippen LogP contribution in [0.15, 0.2) is 29.1 Å². The van der Waals surface area contributed by atoms with Gasteiger partial charge in [0.05, 0.1) is 17.5 Å². The third kappa shape index (κ3) is 4.59. The van der Waals surface area contributed by atoms with Crippen LogP contribution in [-0.2, 0) is 4.79 Å². The molecule has 7 heteroatoms. The molecule has 3 atom stereocenters. The molecule has 7 nitrogen and oxygen atoms in total. The molecule has 1 aromatic carbocycles. The lowest BCUT2D eigenvalue weighted by atomic mass is 9.77. The predicted octanol–water partition coefficient (Wildman–Crippen LogP) is 4.30. The van der Waals surface area contributed by atoms with Crippen LogP contribution < -0.4 is 10.5 Å². The van der Waals surface area contributed by atoms with Gasteiger partial charge in [-0.25, -0.2) is 4.98 Å². The first kappa shape index (κ1) is 23.0. The number of hydrogen-bond acceptors (Lipinski definition) is 5. The Morgan fingerprint density at radius 1 is 0.943 bits per heavy atom. The molecule has 0 amide bonds. The molecule has 1 aromatic heterocycles. The van der Waals surface area contributed by atoms with Crippen LogP contribution in [0.5, 0.6) is 0 Å². The minimum absolute atomic E-state index is 0.0142. The van der Waals surface area contributed by atoms with Crippen molar-refractivity contribution in [2.45, 2.75) is 76.3 Å². The Balaban J connectivity index is 1.20. The predicted molar refractivity (Wildman–Crippen MR) is 137 cm³/mol. The van der Waals surface area contributed by atoms with Crippen molar-refractivity contribution >= 4 is 22.8 Å². The van der Waals surface area contributed by atoms with Gasteiger partial charge in [-0.1, -0.05) is 37.8 Å². The van der Waals surface area contributed by atoms with E-state index in [2.05, 4.69) is 4.90 Å². The smallest absolute Gasteiger partial charge is 0.303 e. The maximum atomic E-state index is 13.7. The number of rotatable bonds is 5. The number of carboxylic acid groups (broad SMARTS) is 1. The third-order valence-electron chi connectivity index (χ3n) is 9.23. The van der Waals surface area contributed by atoms with Crippen molar-refractivity contribution in [3.63, 3.8) is 0 Å². The van der Waals surface area contributed by atoms with Gasteiger partial charge in [0.2, 0.25) is 0 Å². The lowest BCUT2D eigenvalue weighted by Crippen LogP contribution is -2.51. The van der Waals surface area contributed by atoms with Crippen molar-refractivity contribution in [3.8, 4) is 0 Å². The van der Waals surface area contributed by atoms with Gasteiger partial charge in [0, 0.05) is 44.2 Å². The van der Waals surface area contributed by atoms with Crippen molar-refractivity contribution in [3.05, 3.63) is 34.6 Å². The van der Waals surface area contributed by atoms with E-state index in [9.17, 15) is 9.59 Å². The number of hydrogen-bond donors (Lipinski definition) is 1. The first-order valence-corrected chi connectivity index (χ1v) is 13.8. The topological polar surface area (TPSA) is 78.7 Å². The summed E-state index contributed by atoms with van der Waals surface area (Å²) in [7, 11) is 0. The molecule has 2 saturated carbocycles. The van der Waals surface area contributed by atoms with Gasteiger partial charge >= 0.3 is 5.97 Å². The Hall–Kier alpha value is -2.41. The van der Waals surface area contributed by atoms with Gasteiger partial charge in [0.25, 0.3) is 5.56 Å². The van der Waals surface area contributed by atoms with Gasteiger partial charge in [-0.15, -0.1) is 0 Å². The molecule has 35 heavy (non-hydrogen) atoms. The minimum Gasteiger partial charge on any atom is -0.481 e. The van der Waals surface area contributed by atoms with Crippen LogP contribution in [-0.4, -0.2) is 57.7 Å². The number of fused-ring (bicyclic) bond motifs is 3. The zero-order valence-corrected chi connectivity index (χ0v) is 20.6. The number of aromatic nitrogens is 2. The average molecular weight is 479 g/mol. The van der Waals surface area contributed by atoms with E-state index in [1.807, 2.05) is 33.7 Å². The van der Waals surface area contributed by atoms with Gasteiger partial charge in [-0.2, -0.15) is 0 Å². The summed E-state index contributed by atoms with van der Waals surface area (Å²) < 4.78 is 2.01. The molecule has 4 aliphatic rings. The molecule has 4 fully saturated rings. The van der Waals surface area contributed by atoms with Crippen molar-refractivity contribution in [1.29, 1.82) is 0 Å². The monoisotopic (exact) mass is 478 g/mol. The molecule has 0 radical (unpaired) electrons. The van der Waals surface area contributed by atoms with Crippen LogP contribution in [0.2, 0.25) is 0 Å². The Morgan fingerprint density at radius 3 is 2.31 bits per heavy atom. The number of nitrogens with zero attached hydrogens (tertiary/aromatic N) is 4. The molecule has 2 aliphatic heterocycles. The fraction of sp³-hybridized carbons (Fsp3) is 0.679. The van der Waals surface area contributed by atoms with Crippen LogP contribution in [0.1, 0.15) is 70.3 Å². The number of aliphatic carboxylic acids is 1. The van der Waals surface area contributed by atoms with Crippen LogP contribution in [0, 0.1) is 17.8 Å². The Kier molecular flexibility index (Phi) is 6.29.